The standard InChI is InChI=1S/C21H41N3.C21H42N2.C20H41N3.C18H37N3O.C18H36N2O.C16H33N/c1-20(2,3)9-12-22-10-7-17(8-11-22)14-23-15-19-13-18(23)16-24(19)21(4,5)6;1-20(2,3)12-7-18-8-13-22(14-9-18)17-19-10-15-23(16-11-19)21(4,5)6;1-19(2,3)9-12-21-10-7-18(8-11-21)17-22-13-15-23(16-14-22)20(4,5)6;1-17(2,3)20-11-9-19(10-12-20)13-14-22-16-7-8-21(15-16)18(4,5)6;1-17(2,3)20-11-7-15(8-12-20)13-19-10-9-16(14-19)21-18(4,5)6;1-15(2,3)10-7-14-8-11-17(12-9-14)13-16(4,5)6/h17-19H,7-16H2,1-6H3;18-19H,7-17H2,1-6H3;18H,7-17H2,1-6H3;16H,7-15H2,1-6H3;15-16H,7-14H2,1-6H3;14H,7-13H2,1-6H3/t18-,19-;;;;;/m1...../s1. The lowest BCUT2D eigenvalue weighted by molar-refractivity contribution is -0.0545. The molecule has 2 unspecified atom stereocenters. The van der Waals surface area contributed by atoms with Crippen molar-refractivity contribution in [3.63, 3.8) is 0 Å². The largest absolute Gasteiger partial charge is 0.376 e. The van der Waals surface area contributed by atoms with E-state index in [9.17, 15) is 0 Å². The van der Waals surface area contributed by atoms with Gasteiger partial charge in [-0.15, -0.1) is 0 Å². The quantitative estimate of drug-likeness (QED) is 0.103. The summed E-state index contributed by atoms with van der Waals surface area (Å²) in [5.74, 6) is 5.69. The minimum atomic E-state index is -0.00126. The van der Waals surface area contributed by atoms with Crippen LogP contribution in [-0.2, 0) is 9.47 Å². The first-order valence-electron chi connectivity index (χ1n) is 55.5. The molecule has 130 heavy (non-hydrogen) atoms. The molecule has 0 amide bonds. The van der Waals surface area contributed by atoms with Gasteiger partial charge in [0.05, 0.1) is 24.4 Å². The Hall–Kier alpha value is -0.640. The molecule has 0 aromatic heterocycles. The Morgan fingerprint density at radius 3 is 0.900 bits per heavy atom. The molecule has 0 aromatic rings. The van der Waals surface area contributed by atoms with Gasteiger partial charge in [-0.25, -0.2) is 0 Å². The second-order valence-electron chi connectivity index (χ2n) is 57.7. The molecule has 0 N–H and O–H groups in total. The predicted octanol–water partition coefficient (Wildman–Crippen LogP) is 22.5. The monoisotopic (exact) mass is 1830 g/mol. The Morgan fingerprint density at radius 1 is 0.231 bits per heavy atom. The molecule has 0 saturated carbocycles. The normalized spacial score (nSPS) is 26.0. The highest BCUT2D eigenvalue weighted by Crippen LogP contribution is 2.39. The van der Waals surface area contributed by atoms with Crippen LogP contribution < -0.4 is 0 Å². The van der Waals surface area contributed by atoms with E-state index in [0.717, 1.165) is 73.8 Å². The van der Waals surface area contributed by atoms with E-state index in [-0.39, 0.29) is 11.1 Å². The zero-order chi connectivity index (χ0) is 96.9. The highest BCUT2D eigenvalue weighted by molar-refractivity contribution is 5.04. The molecule has 12 saturated heterocycles. The maximum Gasteiger partial charge on any atom is 0.0721 e. The van der Waals surface area contributed by atoms with Gasteiger partial charge in [0.1, 0.15) is 0 Å². The first kappa shape index (κ1) is 116. The number of rotatable bonds is 22. The van der Waals surface area contributed by atoms with Gasteiger partial charge < -0.3 is 38.9 Å². The van der Waals surface area contributed by atoms with E-state index in [4.69, 9.17) is 9.47 Å². The van der Waals surface area contributed by atoms with Gasteiger partial charge in [-0.2, -0.15) is 0 Å². The number of piperazine rings is 3. The number of nitrogens with zero attached hydrogens (tertiary/aromatic N) is 14. The summed E-state index contributed by atoms with van der Waals surface area (Å²) in [6, 6.07) is 1.66. The molecule has 768 valence electrons. The zero-order valence-corrected chi connectivity index (χ0v) is 94.4. The van der Waals surface area contributed by atoms with E-state index in [1.807, 2.05) is 0 Å². The third-order valence-electron chi connectivity index (χ3n) is 32.1. The second-order valence-corrected chi connectivity index (χ2v) is 57.7. The fourth-order valence-corrected chi connectivity index (χ4v) is 23.0. The van der Waals surface area contributed by atoms with Crippen LogP contribution in [0, 0.1) is 62.6 Å². The van der Waals surface area contributed by atoms with Crippen LogP contribution in [0.25, 0.3) is 0 Å². The lowest BCUT2D eigenvalue weighted by Crippen LogP contribution is -2.54. The predicted molar refractivity (Wildman–Crippen MR) is 567 cm³/mol. The molecule has 12 aliphatic heterocycles. The SMILES string of the molecule is CC(C)(C)CCC1CCN(CC(C)(C)C)CC1.CC(C)(C)CCC1CCN(CC2CCN(C(C)(C)C)CC2)CC1.CC(C)(C)CCN1CCC(CN2CCN(C(C)(C)C)CC2)CC1.CC(C)(C)CCN1CCC(CN2C[C@H]3C[C@@H]2CN3C(C)(C)C)CC1.CC(C)(C)N1CCN(CCOC2CCN(C(C)(C)C)C2)CC1.CC(C)(C)OC1CCN(CC2CCN(C(C)(C)C)CC2)C1. The molecule has 12 fully saturated rings. The number of likely N-dealkylation sites (tertiary alicyclic amines) is 10. The van der Waals surface area contributed by atoms with Crippen molar-refractivity contribution in [3.05, 3.63) is 0 Å². The van der Waals surface area contributed by atoms with Crippen molar-refractivity contribution in [2.45, 2.75) is 447 Å². The van der Waals surface area contributed by atoms with Crippen molar-refractivity contribution in [2.75, 3.05) is 229 Å². The highest BCUT2D eigenvalue weighted by Gasteiger charge is 2.48. The summed E-state index contributed by atoms with van der Waals surface area (Å²) in [5.41, 5.74) is 4.41. The summed E-state index contributed by atoms with van der Waals surface area (Å²) in [4.78, 5) is 37.4. The average molecular weight is 1830 g/mol. The number of piperidine rings is 6. The van der Waals surface area contributed by atoms with E-state index < -0.39 is 0 Å². The summed E-state index contributed by atoms with van der Waals surface area (Å²) in [6.45, 7) is 128. The fourth-order valence-electron chi connectivity index (χ4n) is 23.0. The number of hydrogen-bond acceptors (Lipinski definition) is 16. The maximum atomic E-state index is 6.13. The number of fused-ring (bicyclic) bond motifs is 2. The van der Waals surface area contributed by atoms with Crippen molar-refractivity contribution < 1.29 is 9.47 Å². The Bertz CT molecular complexity index is 2920. The summed E-state index contributed by atoms with van der Waals surface area (Å²) >= 11 is 0. The van der Waals surface area contributed by atoms with Crippen molar-refractivity contribution >= 4 is 0 Å². The lowest BCUT2D eigenvalue weighted by atomic mass is 9.83. The van der Waals surface area contributed by atoms with Crippen LogP contribution in [0.4, 0.5) is 0 Å². The summed E-state index contributed by atoms with van der Waals surface area (Å²) in [5, 5.41) is 0. The smallest absolute Gasteiger partial charge is 0.0721 e. The molecule has 0 aliphatic carbocycles. The topological polar surface area (TPSA) is 63.8 Å². The van der Waals surface area contributed by atoms with Crippen LogP contribution in [0.2, 0.25) is 0 Å². The van der Waals surface area contributed by atoms with Crippen LogP contribution in [0.5, 0.6) is 0 Å². The van der Waals surface area contributed by atoms with Crippen molar-refractivity contribution in [3.8, 4) is 0 Å². The molecule has 12 heterocycles. The molecular formula is C114H230N14O2. The van der Waals surface area contributed by atoms with E-state index in [2.05, 4.69) is 318 Å². The van der Waals surface area contributed by atoms with E-state index in [0.29, 0.717) is 67.0 Å². The van der Waals surface area contributed by atoms with Crippen LogP contribution in [0.1, 0.15) is 384 Å². The van der Waals surface area contributed by atoms with E-state index in [1.165, 1.54) is 338 Å². The van der Waals surface area contributed by atoms with E-state index >= 15 is 0 Å². The van der Waals surface area contributed by atoms with Crippen LogP contribution >= 0.6 is 0 Å². The third-order valence-corrected chi connectivity index (χ3v) is 32.1. The Balaban J connectivity index is 0.000000214. The van der Waals surface area contributed by atoms with Crippen LogP contribution in [0.15, 0.2) is 0 Å². The summed E-state index contributed by atoms with van der Waals surface area (Å²) < 4.78 is 12.3. The molecule has 0 radical (unpaired) electrons. The summed E-state index contributed by atoms with van der Waals surface area (Å²) in [7, 11) is 0. The average Bonchev–Trinajstić information content (AvgIpc) is 1.62. The summed E-state index contributed by atoms with van der Waals surface area (Å²) in [6.07, 6.45) is 29.9. The molecule has 0 spiro atoms. The minimum absolute atomic E-state index is 0.00126. The first-order valence-corrected chi connectivity index (χ1v) is 55.5. The molecule has 12 aliphatic rings. The maximum absolute atomic E-state index is 6.13. The number of ether oxygens (including phenoxy) is 2. The van der Waals surface area contributed by atoms with E-state index in [1.54, 1.807) is 0 Å². The van der Waals surface area contributed by atoms with Gasteiger partial charge in [0.15, 0.2) is 0 Å². The second kappa shape index (κ2) is 51.4. The molecule has 2 bridgehead atoms. The van der Waals surface area contributed by atoms with Gasteiger partial charge >= 0.3 is 0 Å². The molecular weight excluding hydrogens is 1600 g/mol. The van der Waals surface area contributed by atoms with Crippen molar-refractivity contribution in [1.82, 2.24) is 68.6 Å². The molecule has 4 atom stereocenters. The van der Waals surface area contributed by atoms with Gasteiger partial charge in [-0.3, -0.25) is 39.2 Å². The van der Waals surface area contributed by atoms with Crippen molar-refractivity contribution in [2.24, 2.45) is 62.6 Å². The van der Waals surface area contributed by atoms with Gasteiger partial charge in [0.25, 0.3) is 0 Å². The molecule has 0 aromatic carbocycles. The van der Waals surface area contributed by atoms with Gasteiger partial charge in [0.2, 0.25) is 0 Å². The molecule has 16 nitrogen and oxygen atoms in total. The fraction of sp³-hybridized carbons (Fsp3) is 1.00. The van der Waals surface area contributed by atoms with Crippen LogP contribution in [-0.4, -0.2) is 361 Å². The highest BCUT2D eigenvalue weighted by atomic mass is 16.5. The zero-order valence-electron chi connectivity index (χ0n) is 94.4. The Labute approximate surface area is 812 Å². The molecule has 16 heteroatoms. The van der Waals surface area contributed by atoms with Crippen LogP contribution in [0.3, 0.4) is 0 Å². The van der Waals surface area contributed by atoms with Gasteiger partial charge in [0, 0.05) is 176 Å². The van der Waals surface area contributed by atoms with Crippen molar-refractivity contribution in [1.29, 1.82) is 0 Å². The van der Waals surface area contributed by atoms with Gasteiger partial charge in [-0.05, 0) is 434 Å². The number of hydrogen-bond donors (Lipinski definition) is 0. The first-order chi connectivity index (χ1) is 59.8. The third kappa shape index (κ3) is 46.4. The van der Waals surface area contributed by atoms with Gasteiger partial charge in [-0.1, -0.05) is 104 Å². The minimum Gasteiger partial charge on any atom is -0.376 e. The molecule has 12 rings (SSSR count). The lowest BCUT2D eigenvalue weighted by Gasteiger charge is -2.43. The Kier molecular flexibility index (Phi) is 45.9. The Morgan fingerprint density at radius 2 is 0.546 bits per heavy atom.